The van der Waals surface area contributed by atoms with Crippen molar-refractivity contribution in [2.75, 3.05) is 45.8 Å². The van der Waals surface area contributed by atoms with Gasteiger partial charge in [-0.15, -0.1) is 0 Å². The number of piperazine rings is 3. The lowest BCUT2D eigenvalue weighted by molar-refractivity contribution is -0.144. The Hall–Kier alpha value is -2.10. The van der Waals surface area contributed by atoms with Gasteiger partial charge in [-0.1, -0.05) is 6.92 Å². The fraction of sp³-hybridized carbons (Fsp3) is 0.545. The standard InChI is InChI=1S/C22H27BrN6O2/c1-14-4-5-29(22(31)19-13-27-6-8-28(19)9-7-27)12-18(14)26-21(30)17-3-2-15-10-24-11-16(23)20(15)25-17/h2-3,10-11,14,18-19H,4-9,12-13H2,1H3,(H,26,30). The van der Waals surface area contributed by atoms with Gasteiger partial charge in [0.15, 0.2) is 0 Å². The molecule has 4 fully saturated rings. The Kier molecular flexibility index (Phi) is 5.66. The summed E-state index contributed by atoms with van der Waals surface area (Å²) >= 11 is 3.46. The summed E-state index contributed by atoms with van der Waals surface area (Å²) in [7, 11) is 0. The minimum Gasteiger partial charge on any atom is -0.346 e. The van der Waals surface area contributed by atoms with Gasteiger partial charge in [0.2, 0.25) is 5.91 Å². The number of aromatic nitrogens is 2. The van der Waals surface area contributed by atoms with Crippen molar-refractivity contribution in [2.45, 2.75) is 25.4 Å². The van der Waals surface area contributed by atoms with Crippen molar-refractivity contribution >= 4 is 38.6 Å². The molecule has 0 aromatic carbocycles. The Morgan fingerprint density at radius 2 is 1.90 bits per heavy atom. The molecule has 0 spiro atoms. The lowest BCUT2D eigenvalue weighted by Gasteiger charge is -2.48. The van der Waals surface area contributed by atoms with E-state index in [0.717, 1.165) is 55.5 Å². The molecule has 3 atom stereocenters. The predicted molar refractivity (Wildman–Crippen MR) is 121 cm³/mol. The first kappa shape index (κ1) is 20.8. The van der Waals surface area contributed by atoms with E-state index in [1.165, 1.54) is 0 Å². The maximum absolute atomic E-state index is 13.3. The molecule has 4 saturated heterocycles. The van der Waals surface area contributed by atoms with Crippen LogP contribution in [-0.4, -0.2) is 94.4 Å². The molecule has 1 N–H and O–H groups in total. The maximum atomic E-state index is 13.3. The summed E-state index contributed by atoms with van der Waals surface area (Å²) in [4.78, 5) is 41.5. The molecule has 164 valence electrons. The van der Waals surface area contributed by atoms with Crippen LogP contribution < -0.4 is 5.32 Å². The molecular weight excluding hydrogens is 460 g/mol. The number of nitrogens with zero attached hydrogens (tertiary/aromatic N) is 5. The molecule has 4 aliphatic rings. The number of pyridine rings is 2. The summed E-state index contributed by atoms with van der Waals surface area (Å²) in [5, 5.41) is 4.02. The molecule has 6 rings (SSSR count). The SMILES string of the molecule is CC1CCN(C(=O)C2CN3CCN2CC3)CC1NC(=O)c1ccc2cncc(Br)c2n1. The van der Waals surface area contributed by atoms with Gasteiger partial charge in [-0.25, -0.2) is 4.98 Å². The van der Waals surface area contributed by atoms with Crippen LogP contribution in [-0.2, 0) is 4.79 Å². The molecule has 9 heteroatoms. The van der Waals surface area contributed by atoms with Crippen LogP contribution in [0.1, 0.15) is 23.8 Å². The zero-order valence-electron chi connectivity index (χ0n) is 17.6. The summed E-state index contributed by atoms with van der Waals surface area (Å²) in [6.45, 7) is 8.34. The van der Waals surface area contributed by atoms with Crippen molar-refractivity contribution in [2.24, 2.45) is 5.92 Å². The van der Waals surface area contributed by atoms with Crippen LogP contribution in [0.3, 0.4) is 0 Å². The van der Waals surface area contributed by atoms with E-state index in [-0.39, 0.29) is 23.9 Å². The Morgan fingerprint density at radius 1 is 1.10 bits per heavy atom. The summed E-state index contributed by atoms with van der Waals surface area (Å²) in [6, 6.07) is 3.46. The minimum atomic E-state index is -0.205. The van der Waals surface area contributed by atoms with Gasteiger partial charge in [-0.05, 0) is 40.4 Å². The van der Waals surface area contributed by atoms with Gasteiger partial charge in [0.25, 0.3) is 5.91 Å². The van der Waals surface area contributed by atoms with Gasteiger partial charge in [0.1, 0.15) is 11.7 Å². The average Bonchev–Trinajstić information content (AvgIpc) is 2.81. The van der Waals surface area contributed by atoms with Crippen molar-refractivity contribution in [3.8, 4) is 0 Å². The quantitative estimate of drug-likeness (QED) is 0.705. The zero-order valence-corrected chi connectivity index (χ0v) is 19.2. The van der Waals surface area contributed by atoms with Crippen LogP contribution in [0.4, 0.5) is 0 Å². The third-order valence-corrected chi connectivity index (χ3v) is 7.52. The monoisotopic (exact) mass is 486 g/mol. The number of carbonyl (C=O) groups excluding carboxylic acids is 2. The molecule has 2 aromatic rings. The van der Waals surface area contributed by atoms with Gasteiger partial charge in [0, 0.05) is 69.6 Å². The highest BCUT2D eigenvalue weighted by atomic mass is 79.9. The molecule has 0 saturated carbocycles. The van der Waals surface area contributed by atoms with E-state index >= 15 is 0 Å². The number of rotatable bonds is 3. The second-order valence-corrected chi connectivity index (χ2v) is 9.73. The fourth-order valence-corrected chi connectivity index (χ4v) is 5.33. The minimum absolute atomic E-state index is 0.0413. The van der Waals surface area contributed by atoms with Crippen LogP contribution in [0.2, 0.25) is 0 Å². The molecule has 4 aliphatic heterocycles. The lowest BCUT2D eigenvalue weighted by atomic mass is 9.92. The number of halogens is 1. The molecule has 6 heterocycles. The Balaban J connectivity index is 1.28. The first-order chi connectivity index (χ1) is 15.0. The van der Waals surface area contributed by atoms with Crippen molar-refractivity contribution in [3.63, 3.8) is 0 Å². The lowest BCUT2D eigenvalue weighted by Crippen LogP contribution is -2.66. The molecule has 2 aromatic heterocycles. The topological polar surface area (TPSA) is 81.7 Å². The number of piperidine rings is 1. The number of hydrogen-bond acceptors (Lipinski definition) is 6. The van der Waals surface area contributed by atoms with Gasteiger partial charge in [-0.2, -0.15) is 0 Å². The number of amides is 2. The zero-order chi connectivity index (χ0) is 21.5. The van der Waals surface area contributed by atoms with E-state index < -0.39 is 0 Å². The van der Waals surface area contributed by atoms with E-state index in [2.05, 4.69) is 47.9 Å². The van der Waals surface area contributed by atoms with E-state index in [9.17, 15) is 9.59 Å². The van der Waals surface area contributed by atoms with Crippen molar-refractivity contribution < 1.29 is 9.59 Å². The van der Waals surface area contributed by atoms with E-state index in [0.29, 0.717) is 23.7 Å². The normalized spacial score (nSPS) is 30.4. The van der Waals surface area contributed by atoms with Crippen LogP contribution >= 0.6 is 15.9 Å². The summed E-state index contributed by atoms with van der Waals surface area (Å²) < 4.78 is 0.759. The smallest absolute Gasteiger partial charge is 0.270 e. The van der Waals surface area contributed by atoms with Gasteiger partial charge >= 0.3 is 0 Å². The van der Waals surface area contributed by atoms with Gasteiger partial charge < -0.3 is 10.2 Å². The Labute approximate surface area is 190 Å². The maximum Gasteiger partial charge on any atom is 0.270 e. The van der Waals surface area contributed by atoms with E-state index in [1.54, 1.807) is 18.5 Å². The number of likely N-dealkylation sites (tertiary alicyclic amines) is 1. The molecule has 2 amide bonds. The van der Waals surface area contributed by atoms with Crippen molar-refractivity contribution in [3.05, 3.63) is 34.7 Å². The first-order valence-corrected chi connectivity index (χ1v) is 11.8. The second-order valence-electron chi connectivity index (χ2n) is 8.87. The summed E-state index contributed by atoms with van der Waals surface area (Å²) in [5.41, 5.74) is 1.09. The third kappa shape index (κ3) is 4.06. The Bertz CT molecular complexity index is 1010. The number of carbonyl (C=O) groups is 2. The molecule has 31 heavy (non-hydrogen) atoms. The molecule has 0 aliphatic carbocycles. The largest absolute Gasteiger partial charge is 0.346 e. The number of nitrogens with one attached hydrogen (secondary N) is 1. The fourth-order valence-electron chi connectivity index (χ4n) is 4.90. The van der Waals surface area contributed by atoms with Crippen molar-refractivity contribution in [1.82, 2.24) is 30.0 Å². The van der Waals surface area contributed by atoms with E-state index in [1.807, 2.05) is 11.0 Å². The predicted octanol–water partition coefficient (Wildman–Crippen LogP) is 1.36. The van der Waals surface area contributed by atoms with Crippen LogP contribution in [0.25, 0.3) is 10.9 Å². The average molecular weight is 487 g/mol. The highest BCUT2D eigenvalue weighted by Crippen LogP contribution is 2.24. The third-order valence-electron chi connectivity index (χ3n) is 6.94. The highest BCUT2D eigenvalue weighted by Gasteiger charge is 2.40. The first-order valence-electron chi connectivity index (χ1n) is 11.0. The Morgan fingerprint density at radius 3 is 2.65 bits per heavy atom. The van der Waals surface area contributed by atoms with Crippen LogP contribution in [0.15, 0.2) is 29.0 Å². The van der Waals surface area contributed by atoms with E-state index in [4.69, 9.17) is 0 Å². The van der Waals surface area contributed by atoms with Gasteiger partial charge in [0.05, 0.1) is 9.99 Å². The van der Waals surface area contributed by atoms with Crippen molar-refractivity contribution in [1.29, 1.82) is 0 Å². The molecule has 8 nitrogen and oxygen atoms in total. The summed E-state index contributed by atoms with van der Waals surface area (Å²) in [6.07, 6.45) is 4.29. The van der Waals surface area contributed by atoms with Gasteiger partial charge in [-0.3, -0.25) is 24.4 Å². The summed E-state index contributed by atoms with van der Waals surface area (Å²) in [5.74, 6) is 0.301. The number of fused-ring (bicyclic) bond motifs is 4. The molecular formula is C22H27BrN6O2. The number of hydrogen-bond donors (Lipinski definition) is 1. The molecule has 0 radical (unpaired) electrons. The second kappa shape index (κ2) is 8.44. The van der Waals surface area contributed by atoms with Crippen LogP contribution in [0, 0.1) is 5.92 Å². The molecule has 2 bridgehead atoms. The molecule has 3 unspecified atom stereocenters. The highest BCUT2D eigenvalue weighted by molar-refractivity contribution is 9.10. The van der Waals surface area contributed by atoms with Crippen LogP contribution in [0.5, 0.6) is 0 Å².